The van der Waals surface area contributed by atoms with Crippen LogP contribution in [0.2, 0.25) is 0 Å². The van der Waals surface area contributed by atoms with E-state index in [9.17, 15) is 0 Å². The van der Waals surface area contributed by atoms with Crippen molar-refractivity contribution >= 4 is 0 Å². The smallest absolute Gasteiger partial charge is 0.0476 e. The third-order valence-corrected chi connectivity index (χ3v) is 4.88. The molecule has 1 aliphatic carbocycles. The summed E-state index contributed by atoms with van der Waals surface area (Å²) in [5.41, 5.74) is 2.01. The van der Waals surface area contributed by atoms with Gasteiger partial charge in [-0.25, -0.2) is 0 Å². The highest BCUT2D eigenvalue weighted by atomic mass is 15.2. The first-order valence-corrected chi connectivity index (χ1v) is 7.67. The molecule has 1 N–H and O–H groups in total. The maximum absolute atomic E-state index is 3.57. The molecule has 0 amide bonds. The normalized spacial score (nSPS) is 31.5. The highest BCUT2D eigenvalue weighted by Gasteiger charge is 2.38. The monoisotopic (exact) mass is 258 g/mol. The zero-order valence-corrected chi connectivity index (χ0v) is 12.2. The maximum atomic E-state index is 3.57. The summed E-state index contributed by atoms with van der Waals surface area (Å²) in [6.45, 7) is 8.28. The fraction of sp³-hybridized carbons (Fsp3) is 0.647. The molecule has 1 heterocycles. The first-order valence-electron chi connectivity index (χ1n) is 7.67. The molecule has 2 unspecified atom stereocenters. The molecule has 0 radical (unpaired) electrons. The Labute approximate surface area is 117 Å². The molecule has 2 nitrogen and oxygen atoms in total. The van der Waals surface area contributed by atoms with Gasteiger partial charge < -0.3 is 5.32 Å². The number of nitrogens with zero attached hydrogens (tertiary/aromatic N) is 1. The average molecular weight is 258 g/mol. The quantitative estimate of drug-likeness (QED) is 0.876. The predicted molar refractivity (Wildman–Crippen MR) is 80.2 cm³/mol. The molecule has 2 fully saturated rings. The molecule has 0 bridgehead atoms. The van der Waals surface area contributed by atoms with E-state index in [4.69, 9.17) is 0 Å². The van der Waals surface area contributed by atoms with Gasteiger partial charge >= 0.3 is 0 Å². The second-order valence-corrected chi connectivity index (χ2v) is 6.93. The van der Waals surface area contributed by atoms with Gasteiger partial charge in [0.1, 0.15) is 0 Å². The van der Waals surface area contributed by atoms with Crippen molar-refractivity contribution in [3.8, 4) is 0 Å². The minimum atomic E-state index is 0.538. The lowest BCUT2D eigenvalue weighted by Gasteiger charge is -2.41. The summed E-state index contributed by atoms with van der Waals surface area (Å²) in [4.78, 5) is 2.76. The van der Waals surface area contributed by atoms with Crippen molar-refractivity contribution in [1.29, 1.82) is 0 Å². The van der Waals surface area contributed by atoms with Crippen LogP contribution in [0.3, 0.4) is 0 Å². The number of rotatable bonds is 2. The third kappa shape index (κ3) is 2.85. The van der Waals surface area contributed by atoms with Gasteiger partial charge in [0, 0.05) is 31.7 Å². The van der Waals surface area contributed by atoms with E-state index < -0.39 is 0 Å². The molecule has 2 aliphatic rings. The molecule has 0 spiro atoms. The van der Waals surface area contributed by atoms with E-state index in [1.165, 1.54) is 31.4 Å². The molecule has 3 rings (SSSR count). The molecule has 1 aromatic carbocycles. The van der Waals surface area contributed by atoms with Gasteiger partial charge in [0.05, 0.1) is 0 Å². The topological polar surface area (TPSA) is 15.3 Å². The van der Waals surface area contributed by atoms with Crippen molar-refractivity contribution in [2.75, 3.05) is 19.6 Å². The minimum Gasteiger partial charge on any atom is -0.314 e. The van der Waals surface area contributed by atoms with Crippen LogP contribution in [0.5, 0.6) is 0 Å². The Balaban J connectivity index is 1.78. The van der Waals surface area contributed by atoms with Gasteiger partial charge in [0.2, 0.25) is 0 Å². The van der Waals surface area contributed by atoms with Crippen molar-refractivity contribution in [1.82, 2.24) is 10.2 Å². The second-order valence-electron chi connectivity index (χ2n) is 6.93. The summed E-state index contributed by atoms with van der Waals surface area (Å²) in [5.74, 6) is 0. The van der Waals surface area contributed by atoms with Crippen LogP contribution in [0.25, 0.3) is 0 Å². The molecular formula is C17H26N2. The van der Waals surface area contributed by atoms with E-state index in [-0.39, 0.29) is 0 Å². The van der Waals surface area contributed by atoms with E-state index in [1.807, 2.05) is 0 Å². The van der Waals surface area contributed by atoms with Crippen molar-refractivity contribution in [3.05, 3.63) is 35.9 Å². The van der Waals surface area contributed by atoms with Crippen molar-refractivity contribution in [2.45, 2.75) is 45.2 Å². The molecule has 1 saturated carbocycles. The van der Waals surface area contributed by atoms with E-state index >= 15 is 0 Å². The molecule has 2 heteroatoms. The van der Waals surface area contributed by atoms with Crippen LogP contribution in [-0.2, 0) is 0 Å². The van der Waals surface area contributed by atoms with Crippen LogP contribution in [0.1, 0.15) is 44.7 Å². The van der Waals surface area contributed by atoms with Crippen LogP contribution in [0.4, 0.5) is 0 Å². The Morgan fingerprint density at radius 1 is 1.21 bits per heavy atom. The van der Waals surface area contributed by atoms with Crippen LogP contribution >= 0.6 is 0 Å². The molecule has 19 heavy (non-hydrogen) atoms. The van der Waals surface area contributed by atoms with Gasteiger partial charge in [-0.15, -0.1) is 0 Å². The summed E-state index contributed by atoms with van der Waals surface area (Å²) in [5, 5.41) is 3.57. The molecule has 1 aromatic rings. The zero-order valence-electron chi connectivity index (χ0n) is 12.2. The number of hydrogen-bond donors (Lipinski definition) is 1. The Morgan fingerprint density at radius 3 is 2.68 bits per heavy atom. The summed E-state index contributed by atoms with van der Waals surface area (Å²) >= 11 is 0. The van der Waals surface area contributed by atoms with E-state index in [0.717, 1.165) is 19.1 Å². The lowest BCUT2D eigenvalue weighted by molar-refractivity contribution is 0.102. The first-order chi connectivity index (χ1) is 9.16. The van der Waals surface area contributed by atoms with Crippen molar-refractivity contribution < 1.29 is 0 Å². The fourth-order valence-electron chi connectivity index (χ4n) is 3.82. The molecule has 0 aromatic heterocycles. The summed E-state index contributed by atoms with van der Waals surface area (Å²) in [6, 6.07) is 12.4. The lowest BCUT2D eigenvalue weighted by Crippen LogP contribution is -2.50. The van der Waals surface area contributed by atoms with Gasteiger partial charge in [-0.1, -0.05) is 44.2 Å². The molecular weight excluding hydrogens is 232 g/mol. The van der Waals surface area contributed by atoms with Crippen molar-refractivity contribution in [3.63, 3.8) is 0 Å². The van der Waals surface area contributed by atoms with Gasteiger partial charge in [0.25, 0.3) is 0 Å². The fourth-order valence-corrected chi connectivity index (χ4v) is 3.82. The highest BCUT2D eigenvalue weighted by molar-refractivity contribution is 5.20. The average Bonchev–Trinajstić information content (AvgIpc) is 2.80. The van der Waals surface area contributed by atoms with E-state index in [0.29, 0.717) is 11.5 Å². The molecule has 1 saturated heterocycles. The summed E-state index contributed by atoms with van der Waals surface area (Å²) in [7, 11) is 0. The van der Waals surface area contributed by atoms with Crippen LogP contribution < -0.4 is 5.32 Å². The highest BCUT2D eigenvalue weighted by Crippen LogP contribution is 2.41. The zero-order chi connectivity index (χ0) is 13.3. The molecule has 104 valence electrons. The number of hydrogen-bond acceptors (Lipinski definition) is 2. The van der Waals surface area contributed by atoms with Crippen LogP contribution in [0.15, 0.2) is 30.3 Å². The third-order valence-electron chi connectivity index (χ3n) is 4.88. The predicted octanol–water partition coefficient (Wildman–Crippen LogP) is 3.21. The Hall–Kier alpha value is -0.860. The van der Waals surface area contributed by atoms with E-state index in [1.54, 1.807) is 0 Å². The Kier molecular flexibility index (Phi) is 3.64. The van der Waals surface area contributed by atoms with Gasteiger partial charge in [-0.05, 0) is 30.2 Å². The second kappa shape index (κ2) is 5.26. The summed E-state index contributed by atoms with van der Waals surface area (Å²) < 4.78 is 0. The maximum Gasteiger partial charge on any atom is 0.0476 e. The molecule has 2 atom stereocenters. The molecule has 1 aliphatic heterocycles. The lowest BCUT2D eigenvalue weighted by atomic mass is 9.91. The van der Waals surface area contributed by atoms with Gasteiger partial charge in [-0.2, -0.15) is 0 Å². The Morgan fingerprint density at radius 2 is 2.00 bits per heavy atom. The van der Waals surface area contributed by atoms with Gasteiger partial charge in [0.15, 0.2) is 0 Å². The number of benzene rings is 1. The van der Waals surface area contributed by atoms with Crippen molar-refractivity contribution in [2.24, 2.45) is 5.41 Å². The number of nitrogens with one attached hydrogen (secondary N) is 1. The summed E-state index contributed by atoms with van der Waals surface area (Å²) in [6.07, 6.45) is 4.11. The largest absolute Gasteiger partial charge is 0.314 e. The van der Waals surface area contributed by atoms with Gasteiger partial charge in [-0.3, -0.25) is 4.90 Å². The standard InChI is InChI=1S/C17H26N2/c1-17(2)9-8-15(12-17)19-11-10-18-13-16(19)14-6-4-3-5-7-14/h3-7,15-16,18H,8-13H2,1-2H3. The van der Waals surface area contributed by atoms with Crippen LogP contribution in [0, 0.1) is 5.41 Å². The first kappa shape index (κ1) is 13.1. The number of piperazine rings is 1. The van der Waals surface area contributed by atoms with E-state index in [2.05, 4.69) is 54.4 Å². The SMILES string of the molecule is CC1(C)CCC(N2CCNCC2c2ccccc2)C1. The Bertz CT molecular complexity index is 413. The van der Waals surface area contributed by atoms with Crippen LogP contribution in [-0.4, -0.2) is 30.6 Å². The minimum absolute atomic E-state index is 0.538.